The molecule has 0 aliphatic rings. The third-order valence-corrected chi connectivity index (χ3v) is 3.32. The quantitative estimate of drug-likeness (QED) is 0.614. The first-order valence-electron chi connectivity index (χ1n) is 5.44. The second kappa shape index (κ2) is 5.00. The number of carboxylic acids is 1. The van der Waals surface area contributed by atoms with Crippen molar-refractivity contribution in [2.24, 2.45) is 5.14 Å². The highest BCUT2D eigenvalue weighted by atomic mass is 32.2. The van der Waals surface area contributed by atoms with E-state index >= 15 is 0 Å². The maximum absolute atomic E-state index is 11.0. The van der Waals surface area contributed by atoms with Gasteiger partial charge in [-0.2, -0.15) is 13.1 Å². The van der Waals surface area contributed by atoms with Crippen molar-refractivity contribution < 1.29 is 18.3 Å². The van der Waals surface area contributed by atoms with E-state index in [2.05, 4.69) is 4.98 Å². The summed E-state index contributed by atoms with van der Waals surface area (Å²) >= 11 is 0. The van der Waals surface area contributed by atoms with Crippen molar-refractivity contribution in [3.05, 3.63) is 36.0 Å². The van der Waals surface area contributed by atoms with Crippen molar-refractivity contribution in [1.29, 1.82) is 0 Å². The molecule has 0 spiro atoms. The number of nitrogens with one attached hydrogen (secondary N) is 2. The van der Waals surface area contributed by atoms with Gasteiger partial charge in [0.1, 0.15) is 6.04 Å². The van der Waals surface area contributed by atoms with Gasteiger partial charge in [-0.25, -0.2) is 5.14 Å². The van der Waals surface area contributed by atoms with Gasteiger partial charge < -0.3 is 10.1 Å². The molecule has 0 fully saturated rings. The summed E-state index contributed by atoms with van der Waals surface area (Å²) in [4.78, 5) is 14.0. The lowest BCUT2D eigenvalue weighted by Crippen LogP contribution is -2.45. The summed E-state index contributed by atoms with van der Waals surface area (Å²) in [7, 11) is -4.07. The second-order valence-corrected chi connectivity index (χ2v) is 5.44. The molecule has 0 amide bonds. The van der Waals surface area contributed by atoms with Crippen LogP contribution in [0.2, 0.25) is 0 Å². The van der Waals surface area contributed by atoms with E-state index in [1.165, 1.54) is 0 Å². The van der Waals surface area contributed by atoms with E-state index in [0.717, 1.165) is 10.9 Å². The smallest absolute Gasteiger partial charge is 0.322 e. The number of hydrogen-bond acceptors (Lipinski definition) is 3. The Balaban J connectivity index is 2.29. The van der Waals surface area contributed by atoms with Crippen LogP contribution in [-0.4, -0.2) is 30.5 Å². The monoisotopic (exact) mass is 283 g/mol. The number of rotatable bonds is 5. The Bertz CT molecular complexity index is 708. The van der Waals surface area contributed by atoms with Gasteiger partial charge in [0, 0.05) is 23.5 Å². The van der Waals surface area contributed by atoms with Gasteiger partial charge in [-0.1, -0.05) is 18.2 Å². The molecule has 0 saturated heterocycles. The molecule has 0 radical (unpaired) electrons. The molecule has 0 aliphatic carbocycles. The molecule has 7 nitrogen and oxygen atoms in total. The average molecular weight is 283 g/mol. The van der Waals surface area contributed by atoms with E-state index in [4.69, 9.17) is 10.2 Å². The summed E-state index contributed by atoms with van der Waals surface area (Å²) in [6.45, 7) is 0. The number of aromatic amines is 1. The molecule has 1 aromatic carbocycles. The number of nitrogens with two attached hydrogens (primary N) is 1. The molecule has 2 rings (SSSR count). The SMILES string of the molecule is NS(=O)(=O)NC(Cc1c[nH]c2ccccc12)C(=O)O. The van der Waals surface area contributed by atoms with Gasteiger partial charge in [-0.15, -0.1) is 0 Å². The standard InChI is InChI=1S/C11H13N3O4S/c12-19(17,18)14-10(11(15)16)5-7-6-13-9-4-2-1-3-8(7)9/h1-4,6,10,13-14H,5H2,(H,15,16)(H2,12,17,18). The molecule has 1 unspecified atom stereocenters. The molecule has 2 aromatic rings. The van der Waals surface area contributed by atoms with E-state index in [1.807, 2.05) is 29.0 Å². The minimum atomic E-state index is -4.07. The predicted octanol–water partition coefficient (Wildman–Crippen LogP) is -0.0433. The number of fused-ring (bicyclic) bond motifs is 1. The van der Waals surface area contributed by atoms with E-state index in [-0.39, 0.29) is 6.42 Å². The zero-order valence-electron chi connectivity index (χ0n) is 9.83. The minimum Gasteiger partial charge on any atom is -0.480 e. The fraction of sp³-hybridized carbons (Fsp3) is 0.182. The lowest BCUT2D eigenvalue weighted by molar-refractivity contribution is -0.138. The second-order valence-electron chi connectivity index (χ2n) is 4.12. The molecule has 0 saturated carbocycles. The van der Waals surface area contributed by atoms with Crippen LogP contribution in [0.15, 0.2) is 30.5 Å². The molecule has 102 valence electrons. The molecule has 1 heterocycles. The van der Waals surface area contributed by atoms with Crippen LogP contribution in [0.1, 0.15) is 5.56 Å². The zero-order valence-corrected chi connectivity index (χ0v) is 10.6. The number of para-hydroxylation sites is 1. The highest BCUT2D eigenvalue weighted by Gasteiger charge is 2.23. The van der Waals surface area contributed by atoms with Gasteiger partial charge in [-0.3, -0.25) is 4.79 Å². The molecular weight excluding hydrogens is 270 g/mol. The summed E-state index contributed by atoms with van der Waals surface area (Å²) in [6.07, 6.45) is 1.67. The zero-order chi connectivity index (χ0) is 14.0. The van der Waals surface area contributed by atoms with Crippen molar-refractivity contribution in [2.75, 3.05) is 0 Å². The first-order valence-corrected chi connectivity index (χ1v) is 6.99. The Hall–Kier alpha value is -1.90. The fourth-order valence-corrected chi connectivity index (χ4v) is 2.48. The van der Waals surface area contributed by atoms with Gasteiger partial charge >= 0.3 is 5.97 Å². The maximum atomic E-state index is 11.0. The molecule has 8 heteroatoms. The van der Waals surface area contributed by atoms with Gasteiger partial charge in [0.15, 0.2) is 0 Å². The predicted molar refractivity (Wildman–Crippen MR) is 69.7 cm³/mol. The molecule has 19 heavy (non-hydrogen) atoms. The number of H-pyrrole nitrogens is 1. The van der Waals surface area contributed by atoms with E-state index < -0.39 is 22.2 Å². The van der Waals surface area contributed by atoms with Crippen molar-refractivity contribution >= 4 is 27.1 Å². The summed E-state index contributed by atoms with van der Waals surface area (Å²) in [6, 6.07) is 6.05. The van der Waals surface area contributed by atoms with Crippen molar-refractivity contribution in [2.45, 2.75) is 12.5 Å². The number of aromatic nitrogens is 1. The van der Waals surface area contributed by atoms with Gasteiger partial charge in [0.2, 0.25) is 0 Å². The number of aliphatic carboxylic acids is 1. The molecule has 1 aromatic heterocycles. The molecule has 0 aliphatic heterocycles. The number of benzene rings is 1. The van der Waals surface area contributed by atoms with Crippen LogP contribution in [0, 0.1) is 0 Å². The Morgan fingerprint density at radius 3 is 2.74 bits per heavy atom. The van der Waals surface area contributed by atoms with Crippen LogP contribution >= 0.6 is 0 Å². The van der Waals surface area contributed by atoms with Crippen LogP contribution in [0.5, 0.6) is 0 Å². The van der Waals surface area contributed by atoms with Gasteiger partial charge in [0.25, 0.3) is 10.2 Å². The summed E-state index contributed by atoms with van der Waals surface area (Å²) < 4.78 is 23.8. The van der Waals surface area contributed by atoms with Crippen molar-refractivity contribution in [1.82, 2.24) is 9.71 Å². The summed E-state index contributed by atoms with van der Waals surface area (Å²) in [5.41, 5.74) is 1.57. The van der Waals surface area contributed by atoms with E-state index in [1.54, 1.807) is 6.20 Å². The fourth-order valence-electron chi connectivity index (χ4n) is 1.90. The molecule has 5 N–H and O–H groups in total. The summed E-state index contributed by atoms with van der Waals surface area (Å²) in [5, 5.41) is 14.7. The van der Waals surface area contributed by atoms with Crippen LogP contribution in [-0.2, 0) is 21.4 Å². The van der Waals surface area contributed by atoms with Crippen LogP contribution in [0.4, 0.5) is 0 Å². The van der Waals surface area contributed by atoms with Crippen LogP contribution < -0.4 is 9.86 Å². The lowest BCUT2D eigenvalue weighted by Gasteiger charge is -2.11. The van der Waals surface area contributed by atoms with Gasteiger partial charge in [-0.05, 0) is 11.6 Å². The average Bonchev–Trinajstić information content (AvgIpc) is 2.70. The topological polar surface area (TPSA) is 125 Å². The van der Waals surface area contributed by atoms with Crippen LogP contribution in [0.3, 0.4) is 0 Å². The first-order chi connectivity index (χ1) is 8.87. The normalized spacial score (nSPS) is 13.5. The maximum Gasteiger partial charge on any atom is 0.322 e. The highest BCUT2D eigenvalue weighted by Crippen LogP contribution is 2.19. The third-order valence-electron chi connectivity index (χ3n) is 2.70. The van der Waals surface area contributed by atoms with Gasteiger partial charge in [0.05, 0.1) is 0 Å². The molecule has 0 bridgehead atoms. The number of carboxylic acid groups (broad SMARTS) is 1. The number of hydrogen-bond donors (Lipinski definition) is 4. The Morgan fingerprint density at radius 2 is 2.11 bits per heavy atom. The molecule has 1 atom stereocenters. The third kappa shape index (κ3) is 3.31. The summed E-state index contributed by atoms with van der Waals surface area (Å²) in [5.74, 6) is -1.28. The Labute approximate surface area is 109 Å². The highest BCUT2D eigenvalue weighted by molar-refractivity contribution is 7.87. The first kappa shape index (κ1) is 13.5. The largest absolute Gasteiger partial charge is 0.480 e. The van der Waals surface area contributed by atoms with E-state index in [0.29, 0.717) is 5.56 Å². The lowest BCUT2D eigenvalue weighted by atomic mass is 10.1. The van der Waals surface area contributed by atoms with Crippen molar-refractivity contribution in [3.63, 3.8) is 0 Å². The van der Waals surface area contributed by atoms with E-state index in [9.17, 15) is 13.2 Å². The Kier molecular flexibility index (Phi) is 3.56. The van der Waals surface area contributed by atoms with Crippen molar-refractivity contribution in [3.8, 4) is 0 Å². The molecular formula is C11H13N3O4S. The Morgan fingerprint density at radius 1 is 1.42 bits per heavy atom. The van der Waals surface area contributed by atoms with Crippen LogP contribution in [0.25, 0.3) is 10.9 Å². The number of carbonyl (C=O) groups is 1. The minimum absolute atomic E-state index is 0.00970.